The van der Waals surface area contributed by atoms with Crippen LogP contribution in [0.15, 0.2) is 36.6 Å². The van der Waals surface area contributed by atoms with Gasteiger partial charge in [0.2, 0.25) is 0 Å². The minimum atomic E-state index is 0.617. The molecule has 1 aliphatic carbocycles. The molecule has 0 bridgehead atoms. The minimum Gasteiger partial charge on any atom is -0.256 e. The van der Waals surface area contributed by atoms with Crippen molar-refractivity contribution < 1.29 is 0 Å². The summed E-state index contributed by atoms with van der Waals surface area (Å²) in [5.41, 5.74) is 5.33. The van der Waals surface area contributed by atoms with Crippen LogP contribution < -0.4 is 0 Å². The van der Waals surface area contributed by atoms with E-state index >= 15 is 0 Å². The van der Waals surface area contributed by atoms with Gasteiger partial charge < -0.3 is 0 Å². The normalized spacial score (nSPS) is 20.6. The summed E-state index contributed by atoms with van der Waals surface area (Å²) in [7, 11) is 0. The van der Waals surface area contributed by atoms with Crippen molar-refractivity contribution in [2.45, 2.75) is 47.0 Å². The van der Waals surface area contributed by atoms with E-state index in [1.165, 1.54) is 28.8 Å². The van der Waals surface area contributed by atoms with Gasteiger partial charge in [0.1, 0.15) is 0 Å². The van der Waals surface area contributed by atoms with Gasteiger partial charge in [-0.1, -0.05) is 45.1 Å². The molecule has 1 aromatic rings. The molecule has 0 fully saturated rings. The van der Waals surface area contributed by atoms with E-state index in [4.69, 9.17) is 0 Å². The topological polar surface area (TPSA) is 12.9 Å². The number of hydrogen-bond acceptors (Lipinski definition) is 1. The van der Waals surface area contributed by atoms with E-state index in [9.17, 15) is 0 Å². The summed E-state index contributed by atoms with van der Waals surface area (Å²) in [5, 5.41) is 0. The number of aromatic nitrogens is 1. The molecule has 2 atom stereocenters. The molecule has 0 amide bonds. The van der Waals surface area contributed by atoms with Gasteiger partial charge in [0.15, 0.2) is 0 Å². The fourth-order valence-electron chi connectivity index (χ4n) is 3.01. The molecule has 20 heavy (non-hydrogen) atoms. The van der Waals surface area contributed by atoms with Crippen molar-refractivity contribution in [3.63, 3.8) is 0 Å². The third-order valence-electron chi connectivity index (χ3n) is 4.83. The van der Waals surface area contributed by atoms with E-state index in [-0.39, 0.29) is 0 Å². The van der Waals surface area contributed by atoms with Crippen LogP contribution in [0.4, 0.5) is 0 Å². The van der Waals surface area contributed by atoms with E-state index in [0.29, 0.717) is 17.8 Å². The molecule has 1 aromatic heterocycles. The van der Waals surface area contributed by atoms with Crippen LogP contribution in [0.1, 0.15) is 51.3 Å². The van der Waals surface area contributed by atoms with Gasteiger partial charge in [0.05, 0.1) is 5.69 Å². The summed E-state index contributed by atoms with van der Waals surface area (Å²) < 4.78 is 0. The summed E-state index contributed by atoms with van der Waals surface area (Å²) in [4.78, 5) is 4.54. The van der Waals surface area contributed by atoms with E-state index in [1.54, 1.807) is 0 Å². The Morgan fingerprint density at radius 1 is 1.35 bits per heavy atom. The number of pyridine rings is 1. The smallest absolute Gasteiger partial charge is 0.0687 e. The molecule has 2 unspecified atom stereocenters. The van der Waals surface area contributed by atoms with Crippen LogP contribution in [0.25, 0.3) is 5.57 Å². The Balaban J connectivity index is 2.08. The van der Waals surface area contributed by atoms with Crippen molar-refractivity contribution in [3.05, 3.63) is 47.8 Å². The maximum absolute atomic E-state index is 4.54. The summed E-state index contributed by atoms with van der Waals surface area (Å²) >= 11 is 0. The van der Waals surface area contributed by atoms with Crippen LogP contribution >= 0.6 is 0 Å². The molecule has 0 radical (unpaired) electrons. The molecule has 0 N–H and O–H groups in total. The largest absolute Gasteiger partial charge is 0.256 e. The summed E-state index contributed by atoms with van der Waals surface area (Å²) in [5.74, 6) is 1.96. The second-order valence-corrected chi connectivity index (χ2v) is 6.48. The second-order valence-electron chi connectivity index (χ2n) is 6.48. The Kier molecular flexibility index (Phi) is 4.80. The molecule has 0 spiro atoms. The van der Waals surface area contributed by atoms with Crippen LogP contribution in [-0.2, 0) is 0 Å². The molecule has 1 heteroatoms. The summed E-state index contributed by atoms with van der Waals surface area (Å²) in [6, 6.07) is 4.16. The molecule has 0 saturated heterocycles. The highest BCUT2D eigenvalue weighted by Gasteiger charge is 2.23. The standard InChI is InChI=1S/C19H27N/c1-13(2)15(4)16(5)17-8-10-18(11-9-17)19-14(3)7-6-12-20-19/h6-7,10,12-13,15,17H,5,8-9,11H2,1-4H3. The van der Waals surface area contributed by atoms with Crippen LogP contribution in [0.5, 0.6) is 0 Å². The quantitative estimate of drug-likeness (QED) is 0.665. The Labute approximate surface area is 123 Å². The highest BCUT2D eigenvalue weighted by Crippen LogP contribution is 2.37. The fourth-order valence-corrected chi connectivity index (χ4v) is 3.01. The Morgan fingerprint density at radius 2 is 2.10 bits per heavy atom. The zero-order chi connectivity index (χ0) is 14.7. The second kappa shape index (κ2) is 6.39. The van der Waals surface area contributed by atoms with Gasteiger partial charge in [-0.2, -0.15) is 0 Å². The molecule has 1 nitrogen and oxygen atoms in total. The monoisotopic (exact) mass is 269 g/mol. The van der Waals surface area contributed by atoms with E-state index < -0.39 is 0 Å². The van der Waals surface area contributed by atoms with E-state index in [1.807, 2.05) is 12.3 Å². The number of nitrogens with zero attached hydrogens (tertiary/aromatic N) is 1. The van der Waals surface area contributed by atoms with Crippen molar-refractivity contribution in [1.82, 2.24) is 4.98 Å². The van der Waals surface area contributed by atoms with Crippen molar-refractivity contribution in [2.75, 3.05) is 0 Å². The lowest BCUT2D eigenvalue weighted by Gasteiger charge is -2.29. The minimum absolute atomic E-state index is 0.617. The van der Waals surface area contributed by atoms with Crippen LogP contribution in [0.3, 0.4) is 0 Å². The van der Waals surface area contributed by atoms with Crippen molar-refractivity contribution in [2.24, 2.45) is 17.8 Å². The Morgan fingerprint density at radius 3 is 2.65 bits per heavy atom. The Hall–Kier alpha value is -1.37. The predicted molar refractivity (Wildman–Crippen MR) is 87.4 cm³/mol. The first-order chi connectivity index (χ1) is 9.50. The van der Waals surface area contributed by atoms with Crippen molar-refractivity contribution >= 4 is 5.57 Å². The van der Waals surface area contributed by atoms with Crippen molar-refractivity contribution in [1.29, 1.82) is 0 Å². The lowest BCUT2D eigenvalue weighted by Crippen LogP contribution is -2.17. The maximum atomic E-state index is 4.54. The lowest BCUT2D eigenvalue weighted by molar-refractivity contribution is 0.411. The number of aryl methyl sites for hydroxylation is 1. The number of allylic oxidation sites excluding steroid dienone is 3. The van der Waals surface area contributed by atoms with Crippen LogP contribution in [0.2, 0.25) is 0 Å². The first-order valence-electron chi connectivity index (χ1n) is 7.80. The average Bonchev–Trinajstić information content (AvgIpc) is 2.46. The number of rotatable bonds is 4. The third kappa shape index (κ3) is 3.20. The van der Waals surface area contributed by atoms with Gasteiger partial charge in [-0.15, -0.1) is 0 Å². The molecule has 1 heterocycles. The van der Waals surface area contributed by atoms with E-state index in [0.717, 1.165) is 12.8 Å². The molecular formula is C19H27N. The first kappa shape index (κ1) is 15.0. The first-order valence-corrected chi connectivity index (χ1v) is 7.80. The molecule has 0 saturated carbocycles. The lowest BCUT2D eigenvalue weighted by atomic mass is 9.76. The van der Waals surface area contributed by atoms with E-state index in [2.05, 4.69) is 51.4 Å². The molecular weight excluding hydrogens is 242 g/mol. The van der Waals surface area contributed by atoms with Gasteiger partial charge in [0.25, 0.3) is 0 Å². The van der Waals surface area contributed by atoms with Gasteiger partial charge in [0, 0.05) is 6.20 Å². The molecule has 2 rings (SSSR count). The fraction of sp³-hybridized carbons (Fsp3) is 0.526. The summed E-state index contributed by atoms with van der Waals surface area (Å²) in [6.45, 7) is 13.4. The molecule has 108 valence electrons. The van der Waals surface area contributed by atoms with Crippen LogP contribution in [-0.4, -0.2) is 4.98 Å². The highest BCUT2D eigenvalue weighted by atomic mass is 14.7. The zero-order valence-corrected chi connectivity index (χ0v) is 13.3. The molecule has 0 aliphatic heterocycles. The van der Waals surface area contributed by atoms with Crippen LogP contribution in [0, 0.1) is 24.7 Å². The predicted octanol–water partition coefficient (Wildman–Crippen LogP) is 5.42. The van der Waals surface area contributed by atoms with Gasteiger partial charge in [-0.3, -0.25) is 4.98 Å². The summed E-state index contributed by atoms with van der Waals surface area (Å²) in [6.07, 6.45) is 7.77. The van der Waals surface area contributed by atoms with Gasteiger partial charge in [-0.05, 0) is 61.1 Å². The number of hydrogen-bond donors (Lipinski definition) is 0. The van der Waals surface area contributed by atoms with Gasteiger partial charge >= 0.3 is 0 Å². The zero-order valence-electron chi connectivity index (χ0n) is 13.3. The third-order valence-corrected chi connectivity index (χ3v) is 4.83. The highest BCUT2D eigenvalue weighted by molar-refractivity contribution is 5.65. The molecule has 0 aromatic carbocycles. The Bertz CT molecular complexity index is 510. The molecule has 1 aliphatic rings. The maximum Gasteiger partial charge on any atom is 0.0687 e. The average molecular weight is 269 g/mol. The van der Waals surface area contributed by atoms with Crippen molar-refractivity contribution in [3.8, 4) is 0 Å². The van der Waals surface area contributed by atoms with Gasteiger partial charge in [-0.25, -0.2) is 0 Å². The SMILES string of the molecule is C=C(C1CC=C(c2ncccc2C)CC1)C(C)C(C)C.